The van der Waals surface area contributed by atoms with E-state index < -0.39 is 0 Å². The van der Waals surface area contributed by atoms with Crippen LogP contribution in [0.4, 0.5) is 11.4 Å². The van der Waals surface area contributed by atoms with E-state index in [1.807, 2.05) is 146 Å². The molecule has 9 rings (SSSR count). The van der Waals surface area contributed by atoms with Crippen LogP contribution in [-0.4, -0.2) is 31.8 Å². The smallest absolute Gasteiger partial charge is 0.255 e. The number of benzene rings is 4. The molecule has 0 unspecified atom stereocenters. The van der Waals surface area contributed by atoms with Crippen LogP contribution in [0, 0.1) is 0 Å². The molecule has 0 saturated carbocycles. The molecule has 0 atom stereocenters. The molecule has 2 amide bonds. The molecule has 258 valence electrons. The lowest BCUT2D eigenvalue weighted by Crippen LogP contribution is -2.13. The molecule has 0 radical (unpaired) electrons. The van der Waals surface area contributed by atoms with Crippen molar-refractivity contribution in [2.24, 2.45) is 0 Å². The summed E-state index contributed by atoms with van der Waals surface area (Å²) < 4.78 is 0. The van der Waals surface area contributed by atoms with Gasteiger partial charge in [0.25, 0.3) is 11.8 Å². The zero-order chi connectivity index (χ0) is 36.4. The molecule has 0 saturated heterocycles. The molecular formula is C46H32N6O2. The van der Waals surface area contributed by atoms with E-state index in [9.17, 15) is 9.59 Å². The normalized spacial score (nSPS) is 11.7. The zero-order valence-electron chi connectivity index (χ0n) is 28.9. The van der Waals surface area contributed by atoms with Crippen LogP contribution < -0.4 is 10.6 Å². The van der Waals surface area contributed by atoms with Crippen LogP contribution in [0.25, 0.3) is 68.6 Å². The molecule has 0 aliphatic carbocycles. The first kappa shape index (κ1) is 32.3. The van der Waals surface area contributed by atoms with E-state index in [-0.39, 0.29) is 11.8 Å². The first-order chi connectivity index (χ1) is 26.6. The molecule has 0 fully saturated rings. The first-order valence-electron chi connectivity index (χ1n) is 17.6. The van der Waals surface area contributed by atoms with E-state index in [4.69, 9.17) is 9.97 Å². The second kappa shape index (κ2) is 13.9. The quantitative estimate of drug-likeness (QED) is 0.138. The van der Waals surface area contributed by atoms with Gasteiger partial charge in [-0.05, 0) is 84.0 Å². The van der Waals surface area contributed by atoms with Crippen LogP contribution in [0.1, 0.15) is 43.5 Å². The number of nitrogens with zero attached hydrogens (tertiary/aromatic N) is 2. The summed E-state index contributed by atoms with van der Waals surface area (Å²) in [7, 11) is 0. The Morgan fingerprint density at radius 2 is 0.722 bits per heavy atom. The van der Waals surface area contributed by atoms with Gasteiger partial charge < -0.3 is 20.6 Å². The largest absolute Gasteiger partial charge is 0.353 e. The number of amides is 2. The topological polar surface area (TPSA) is 116 Å². The van der Waals surface area contributed by atoms with Crippen LogP contribution in [0.5, 0.6) is 0 Å². The van der Waals surface area contributed by atoms with Crippen LogP contribution in [0.2, 0.25) is 0 Å². The van der Waals surface area contributed by atoms with Crippen LogP contribution in [-0.2, 0) is 0 Å². The maximum Gasteiger partial charge on any atom is 0.255 e. The highest BCUT2D eigenvalue weighted by atomic mass is 16.2. The van der Waals surface area contributed by atoms with Gasteiger partial charge in [0, 0.05) is 33.3 Å². The van der Waals surface area contributed by atoms with Crippen LogP contribution >= 0.6 is 0 Å². The number of nitrogens with one attached hydrogen (secondary N) is 4. The average Bonchev–Trinajstić information content (AvgIpc) is 4.07. The van der Waals surface area contributed by atoms with Crippen molar-refractivity contribution in [2.75, 3.05) is 10.6 Å². The fourth-order valence-electron chi connectivity index (χ4n) is 6.84. The Bertz CT molecular complexity index is 2590. The molecule has 8 heteroatoms. The van der Waals surface area contributed by atoms with Crippen LogP contribution in [0.3, 0.4) is 0 Å². The maximum absolute atomic E-state index is 13.7. The van der Waals surface area contributed by atoms with Gasteiger partial charge in [-0.2, -0.15) is 0 Å². The number of hydrogen-bond donors (Lipinski definition) is 4. The maximum atomic E-state index is 13.7. The van der Waals surface area contributed by atoms with Crippen molar-refractivity contribution in [1.29, 1.82) is 0 Å². The van der Waals surface area contributed by atoms with Gasteiger partial charge in [0.1, 0.15) is 0 Å². The van der Waals surface area contributed by atoms with E-state index >= 15 is 0 Å². The fourth-order valence-corrected chi connectivity index (χ4v) is 6.84. The SMILES string of the molecule is O=C(Nc1c2nc(c(-c3ccccc3)c3ccc([nH]3)c(NC(=O)c3ccccc3)c3nc(c(-c4ccccc4)c4ccc1[nH]4)C=C3)C=C2)c1ccccc1. The van der Waals surface area contributed by atoms with E-state index in [1.165, 1.54) is 0 Å². The number of hydrogen-bond acceptors (Lipinski definition) is 4. The Balaban J connectivity index is 1.38. The lowest BCUT2D eigenvalue weighted by molar-refractivity contribution is 0.101. The van der Waals surface area contributed by atoms with E-state index in [0.29, 0.717) is 56.3 Å². The van der Waals surface area contributed by atoms with Crippen molar-refractivity contribution in [3.63, 3.8) is 0 Å². The summed E-state index contributed by atoms with van der Waals surface area (Å²) in [6.45, 7) is 0. The number of anilines is 2. The highest BCUT2D eigenvalue weighted by Crippen LogP contribution is 2.36. The van der Waals surface area contributed by atoms with Gasteiger partial charge in [-0.15, -0.1) is 0 Å². The van der Waals surface area contributed by atoms with Gasteiger partial charge >= 0.3 is 0 Å². The Kier molecular flexibility index (Phi) is 8.30. The van der Waals surface area contributed by atoms with Crippen molar-refractivity contribution in [2.45, 2.75) is 0 Å². The minimum Gasteiger partial charge on any atom is -0.353 e. The summed E-state index contributed by atoms with van der Waals surface area (Å²) in [4.78, 5) is 44.9. The number of carbonyl (C=O) groups is 2. The predicted octanol–water partition coefficient (Wildman–Crippen LogP) is 10.5. The summed E-state index contributed by atoms with van der Waals surface area (Å²) in [5, 5.41) is 6.35. The molecule has 8 bridgehead atoms. The molecule has 4 aromatic carbocycles. The second-order valence-corrected chi connectivity index (χ2v) is 12.9. The van der Waals surface area contributed by atoms with Crippen LogP contribution in [0.15, 0.2) is 146 Å². The average molecular weight is 701 g/mol. The molecule has 3 aromatic heterocycles. The number of aromatic amines is 2. The standard InChI is InChI=1S/C46H32N6O2/c53-45(31-17-9-3-10-18-31)51-43-37-25-21-33(47-37)41(29-13-5-1-6-14-29)34-22-26-38(48-34)44(52-46(54)32-19-11-4-12-20-32)40-28-24-36(50-40)42(30-15-7-2-8-16-30)35-23-27-39(43)49-35/h1-28,47,50H,(H,51,53)(H,52,54). The summed E-state index contributed by atoms with van der Waals surface area (Å²) >= 11 is 0. The number of H-pyrrole nitrogens is 2. The highest BCUT2D eigenvalue weighted by molar-refractivity contribution is 6.10. The monoisotopic (exact) mass is 700 g/mol. The summed E-state index contributed by atoms with van der Waals surface area (Å²) in [6, 6.07) is 46.2. The van der Waals surface area contributed by atoms with Gasteiger partial charge in [-0.25, -0.2) is 9.97 Å². The number of fused-ring (bicyclic) bond motifs is 8. The van der Waals surface area contributed by atoms with Gasteiger partial charge in [0.2, 0.25) is 0 Å². The number of rotatable bonds is 6. The second-order valence-electron chi connectivity index (χ2n) is 12.9. The molecule has 2 aliphatic heterocycles. The van der Waals surface area contributed by atoms with Crippen molar-refractivity contribution in [3.05, 3.63) is 179 Å². The van der Waals surface area contributed by atoms with Crippen molar-refractivity contribution in [1.82, 2.24) is 19.9 Å². The predicted molar refractivity (Wildman–Crippen MR) is 219 cm³/mol. The zero-order valence-corrected chi connectivity index (χ0v) is 28.9. The van der Waals surface area contributed by atoms with E-state index in [2.05, 4.69) is 20.6 Å². The minimum atomic E-state index is -0.253. The molecular weight excluding hydrogens is 669 g/mol. The Labute approximate surface area is 310 Å². The Morgan fingerprint density at radius 1 is 0.389 bits per heavy atom. The fraction of sp³-hybridized carbons (Fsp3) is 0. The molecule has 54 heavy (non-hydrogen) atoms. The molecule has 2 aliphatic rings. The van der Waals surface area contributed by atoms with Gasteiger partial charge in [-0.3, -0.25) is 9.59 Å². The third-order valence-corrected chi connectivity index (χ3v) is 9.43. The van der Waals surface area contributed by atoms with Gasteiger partial charge in [-0.1, -0.05) is 97.1 Å². The number of aromatic nitrogens is 4. The summed E-state index contributed by atoms with van der Waals surface area (Å²) in [5.74, 6) is -0.505. The summed E-state index contributed by atoms with van der Waals surface area (Å²) in [6.07, 6.45) is 7.77. The van der Waals surface area contributed by atoms with Gasteiger partial charge in [0.15, 0.2) is 0 Å². The lowest BCUT2D eigenvalue weighted by atomic mass is 10.0. The molecule has 8 nitrogen and oxygen atoms in total. The van der Waals surface area contributed by atoms with E-state index in [0.717, 1.165) is 33.3 Å². The molecule has 7 aromatic rings. The lowest BCUT2D eigenvalue weighted by Gasteiger charge is -2.08. The highest BCUT2D eigenvalue weighted by Gasteiger charge is 2.20. The third-order valence-electron chi connectivity index (χ3n) is 9.43. The van der Waals surface area contributed by atoms with Crippen molar-refractivity contribution < 1.29 is 9.59 Å². The summed E-state index contributed by atoms with van der Waals surface area (Å²) in [5.41, 5.74) is 11.3. The van der Waals surface area contributed by atoms with E-state index in [1.54, 1.807) is 24.3 Å². The van der Waals surface area contributed by atoms with Crippen molar-refractivity contribution in [3.8, 4) is 22.3 Å². The van der Waals surface area contributed by atoms with Crippen molar-refractivity contribution >= 4 is 69.6 Å². The Morgan fingerprint density at radius 3 is 1.11 bits per heavy atom. The number of carbonyl (C=O) groups excluding carboxylic acids is 2. The first-order valence-corrected chi connectivity index (χ1v) is 17.6. The molecule has 4 N–H and O–H groups in total. The molecule has 0 spiro atoms. The Hall–Kier alpha value is -7.58. The van der Waals surface area contributed by atoms with Gasteiger partial charge in [0.05, 0.1) is 45.2 Å². The third kappa shape index (κ3) is 6.18. The molecule has 5 heterocycles. The minimum absolute atomic E-state index is 0.253.